The predicted molar refractivity (Wildman–Crippen MR) is 120 cm³/mol. The summed E-state index contributed by atoms with van der Waals surface area (Å²) in [5.74, 6) is -0.516. The van der Waals surface area contributed by atoms with Crippen LogP contribution in [0.2, 0.25) is 0 Å². The maximum atomic E-state index is 13.3. The average molecular weight is 394 g/mol. The smallest absolute Gasteiger partial charge is 0.251 e. The third-order valence-corrected chi connectivity index (χ3v) is 5.88. The van der Waals surface area contributed by atoms with Crippen LogP contribution in [0.25, 0.3) is 10.9 Å². The van der Waals surface area contributed by atoms with Gasteiger partial charge in [0.15, 0.2) is 0 Å². The van der Waals surface area contributed by atoms with E-state index in [1.54, 1.807) is 0 Å². The molecule has 30 heavy (non-hydrogen) atoms. The van der Waals surface area contributed by atoms with Crippen molar-refractivity contribution in [2.75, 3.05) is 5.32 Å². The molecule has 1 amide bonds. The van der Waals surface area contributed by atoms with Gasteiger partial charge in [-0.05, 0) is 48.1 Å². The van der Waals surface area contributed by atoms with Crippen molar-refractivity contribution in [3.8, 4) is 0 Å². The predicted octanol–water partition coefficient (Wildman–Crippen LogP) is 4.79. The average Bonchev–Trinajstić information content (AvgIpc) is 3.26. The number of amides is 1. The number of fused-ring (bicyclic) bond motifs is 3. The Morgan fingerprint density at radius 2 is 1.47 bits per heavy atom. The summed E-state index contributed by atoms with van der Waals surface area (Å²) in [5.41, 5.74) is 5.38. The maximum absolute atomic E-state index is 13.3. The first kappa shape index (κ1) is 18.4. The molecule has 0 atom stereocenters. The van der Waals surface area contributed by atoms with Gasteiger partial charge in [-0.25, -0.2) is 0 Å². The topological polar surface area (TPSA) is 62.0 Å². The van der Waals surface area contributed by atoms with E-state index >= 15 is 0 Å². The van der Waals surface area contributed by atoms with Gasteiger partial charge in [0, 0.05) is 16.6 Å². The number of aromatic amines is 1. The summed E-state index contributed by atoms with van der Waals surface area (Å²) >= 11 is 0. The number of nitrogens with one attached hydrogen (secondary N) is 2. The van der Waals surface area contributed by atoms with Gasteiger partial charge in [0.2, 0.25) is 5.91 Å². The summed E-state index contributed by atoms with van der Waals surface area (Å²) in [4.78, 5) is 28.7. The number of hydrogen-bond donors (Lipinski definition) is 2. The highest BCUT2D eigenvalue weighted by atomic mass is 16.2. The number of anilines is 1. The van der Waals surface area contributed by atoms with Crippen LogP contribution < -0.4 is 10.9 Å². The number of H-pyrrole nitrogens is 1. The molecular weight excluding hydrogens is 372 g/mol. The van der Waals surface area contributed by atoms with E-state index in [4.69, 9.17) is 0 Å². The van der Waals surface area contributed by atoms with E-state index in [-0.39, 0.29) is 11.5 Å². The van der Waals surface area contributed by atoms with Crippen LogP contribution >= 0.6 is 0 Å². The molecule has 0 aliphatic heterocycles. The minimum absolute atomic E-state index is 0.00933. The van der Waals surface area contributed by atoms with Crippen LogP contribution in [0, 0.1) is 0 Å². The number of aromatic nitrogens is 1. The Morgan fingerprint density at radius 3 is 2.13 bits per heavy atom. The number of carbonyl (C=O) groups excluding carboxylic acids is 1. The Hall–Kier alpha value is -3.66. The summed E-state index contributed by atoms with van der Waals surface area (Å²) in [6.45, 7) is 0. The minimum Gasteiger partial charge on any atom is -0.325 e. The lowest BCUT2D eigenvalue weighted by Crippen LogP contribution is -2.22. The van der Waals surface area contributed by atoms with Crippen molar-refractivity contribution >= 4 is 22.5 Å². The SMILES string of the molecule is O=C(Nc1ccc2c3c(c(=O)[nH]c2c1)CCC3)C(c1ccccc1)c1ccccc1. The molecule has 148 valence electrons. The molecule has 3 aromatic carbocycles. The molecule has 1 aromatic heterocycles. The zero-order valence-corrected chi connectivity index (χ0v) is 16.5. The summed E-state index contributed by atoms with van der Waals surface area (Å²) < 4.78 is 0. The Labute approximate surface area is 174 Å². The normalized spacial score (nSPS) is 12.8. The largest absolute Gasteiger partial charge is 0.325 e. The van der Waals surface area contributed by atoms with E-state index in [1.165, 1.54) is 0 Å². The maximum Gasteiger partial charge on any atom is 0.251 e. The second-order valence-corrected chi connectivity index (χ2v) is 7.77. The second kappa shape index (κ2) is 7.64. The molecule has 0 saturated carbocycles. The number of hydrogen-bond acceptors (Lipinski definition) is 2. The van der Waals surface area contributed by atoms with E-state index in [0.29, 0.717) is 5.69 Å². The first-order valence-corrected chi connectivity index (χ1v) is 10.3. The number of rotatable bonds is 4. The van der Waals surface area contributed by atoms with Crippen LogP contribution in [0.3, 0.4) is 0 Å². The van der Waals surface area contributed by atoms with Crippen LogP contribution in [0.4, 0.5) is 5.69 Å². The Morgan fingerprint density at radius 1 is 0.833 bits per heavy atom. The molecule has 0 bridgehead atoms. The monoisotopic (exact) mass is 394 g/mol. The standard InChI is InChI=1S/C26H22N2O2/c29-25-22-13-7-12-20(22)21-15-14-19(16-23(21)28-25)27-26(30)24(17-8-3-1-4-9-17)18-10-5-2-6-11-18/h1-6,8-11,14-16,24H,7,12-13H2,(H,27,30)(H,28,29). The number of pyridine rings is 1. The number of benzene rings is 3. The van der Waals surface area contributed by atoms with Crippen LogP contribution in [0.5, 0.6) is 0 Å². The quantitative estimate of drug-likeness (QED) is 0.523. The van der Waals surface area contributed by atoms with Crippen LogP contribution in [0.1, 0.15) is 34.6 Å². The van der Waals surface area contributed by atoms with Gasteiger partial charge in [0.25, 0.3) is 5.56 Å². The van der Waals surface area contributed by atoms with E-state index in [9.17, 15) is 9.59 Å². The fraction of sp³-hybridized carbons (Fsp3) is 0.154. The van der Waals surface area contributed by atoms with E-state index < -0.39 is 5.92 Å². The Kier molecular flexibility index (Phi) is 4.68. The second-order valence-electron chi connectivity index (χ2n) is 7.77. The fourth-order valence-electron chi connectivity index (χ4n) is 4.48. The molecule has 4 heteroatoms. The highest BCUT2D eigenvalue weighted by Crippen LogP contribution is 2.29. The molecule has 1 heterocycles. The zero-order valence-electron chi connectivity index (χ0n) is 16.5. The molecule has 0 radical (unpaired) electrons. The van der Waals surface area contributed by atoms with Crippen molar-refractivity contribution in [2.45, 2.75) is 25.2 Å². The number of carbonyl (C=O) groups is 1. The van der Waals surface area contributed by atoms with Crippen molar-refractivity contribution in [3.63, 3.8) is 0 Å². The molecule has 2 N–H and O–H groups in total. The zero-order chi connectivity index (χ0) is 20.5. The summed E-state index contributed by atoms with van der Waals surface area (Å²) in [6, 6.07) is 25.3. The molecule has 4 aromatic rings. The lowest BCUT2D eigenvalue weighted by molar-refractivity contribution is -0.116. The third kappa shape index (κ3) is 3.30. The summed E-state index contributed by atoms with van der Waals surface area (Å²) in [5, 5.41) is 4.13. The molecular formula is C26H22N2O2. The van der Waals surface area contributed by atoms with Gasteiger partial charge >= 0.3 is 0 Å². The minimum atomic E-state index is -0.415. The molecule has 5 rings (SSSR count). The van der Waals surface area contributed by atoms with Gasteiger partial charge < -0.3 is 10.3 Å². The van der Waals surface area contributed by atoms with Crippen LogP contribution in [-0.2, 0) is 17.6 Å². The number of aryl methyl sites for hydroxylation is 1. The molecule has 0 unspecified atom stereocenters. The highest BCUT2D eigenvalue weighted by molar-refractivity contribution is 5.99. The van der Waals surface area contributed by atoms with Crippen LogP contribution in [-0.4, -0.2) is 10.9 Å². The fourth-order valence-corrected chi connectivity index (χ4v) is 4.48. The van der Waals surface area contributed by atoms with Crippen molar-refractivity contribution in [1.29, 1.82) is 0 Å². The Bertz CT molecular complexity index is 1240. The molecule has 4 nitrogen and oxygen atoms in total. The van der Waals surface area contributed by atoms with Gasteiger partial charge in [0.05, 0.1) is 11.4 Å². The third-order valence-electron chi connectivity index (χ3n) is 5.88. The lowest BCUT2D eigenvalue weighted by Gasteiger charge is -2.18. The van der Waals surface area contributed by atoms with Crippen molar-refractivity contribution in [2.24, 2.45) is 0 Å². The molecule has 1 aliphatic rings. The first-order valence-electron chi connectivity index (χ1n) is 10.3. The van der Waals surface area contributed by atoms with E-state index in [1.807, 2.05) is 78.9 Å². The summed E-state index contributed by atoms with van der Waals surface area (Å²) in [6.07, 6.45) is 2.80. The lowest BCUT2D eigenvalue weighted by atomic mass is 9.90. The molecule has 0 spiro atoms. The molecule has 0 saturated heterocycles. The van der Waals surface area contributed by atoms with E-state index in [0.717, 1.165) is 52.4 Å². The van der Waals surface area contributed by atoms with Gasteiger partial charge in [-0.3, -0.25) is 9.59 Å². The highest BCUT2D eigenvalue weighted by Gasteiger charge is 2.23. The van der Waals surface area contributed by atoms with Gasteiger partial charge in [-0.2, -0.15) is 0 Å². The Balaban J connectivity index is 1.51. The van der Waals surface area contributed by atoms with Gasteiger partial charge in [0.1, 0.15) is 0 Å². The first-order chi connectivity index (χ1) is 14.7. The van der Waals surface area contributed by atoms with Crippen molar-refractivity contribution in [1.82, 2.24) is 4.98 Å². The van der Waals surface area contributed by atoms with Crippen molar-refractivity contribution < 1.29 is 4.79 Å². The molecule has 1 aliphatic carbocycles. The van der Waals surface area contributed by atoms with Crippen LogP contribution in [0.15, 0.2) is 83.7 Å². The van der Waals surface area contributed by atoms with E-state index in [2.05, 4.69) is 10.3 Å². The summed E-state index contributed by atoms with van der Waals surface area (Å²) in [7, 11) is 0. The van der Waals surface area contributed by atoms with Gasteiger partial charge in [-0.1, -0.05) is 66.7 Å². The molecule has 0 fully saturated rings. The van der Waals surface area contributed by atoms with Gasteiger partial charge in [-0.15, -0.1) is 0 Å². The van der Waals surface area contributed by atoms with Crippen molar-refractivity contribution in [3.05, 3.63) is 111 Å².